The number of para-hydroxylation sites is 2. The summed E-state index contributed by atoms with van der Waals surface area (Å²) in [5, 5.41) is -0.361. The topological polar surface area (TPSA) is 52.6 Å². The molecule has 0 unspecified atom stereocenters. The van der Waals surface area contributed by atoms with Gasteiger partial charge in [-0.3, -0.25) is 4.79 Å². The van der Waals surface area contributed by atoms with Crippen LogP contribution in [-0.2, 0) is 9.59 Å². The van der Waals surface area contributed by atoms with E-state index >= 15 is 0 Å². The van der Waals surface area contributed by atoms with Crippen LogP contribution < -0.4 is 9.47 Å². The largest absolute Gasteiger partial charge is 0.482 e. The number of carbonyl (C=O) groups excluding carboxylic acids is 2. The van der Waals surface area contributed by atoms with E-state index in [2.05, 4.69) is 11.6 Å². The van der Waals surface area contributed by atoms with Gasteiger partial charge in [0.1, 0.15) is 11.5 Å². The van der Waals surface area contributed by atoms with Crippen molar-refractivity contribution in [1.82, 2.24) is 0 Å². The van der Waals surface area contributed by atoms with Crippen molar-refractivity contribution in [3.8, 4) is 11.5 Å². The highest BCUT2D eigenvalue weighted by atomic mass is 35.5. The van der Waals surface area contributed by atoms with Crippen LogP contribution in [0, 0.1) is 0 Å². The maximum absolute atomic E-state index is 11.4. The van der Waals surface area contributed by atoms with E-state index in [1.807, 2.05) is 24.3 Å². The van der Waals surface area contributed by atoms with E-state index in [1.165, 1.54) is 6.92 Å². The normalized spacial score (nSPS) is 9.05. The van der Waals surface area contributed by atoms with Crippen LogP contribution in [0.3, 0.4) is 0 Å². The Hall–Kier alpha value is -2.33. The zero-order valence-electron chi connectivity index (χ0n) is 11.5. The Balaban J connectivity index is 0.000000491. The Morgan fingerprint density at radius 1 is 0.905 bits per heavy atom. The molecule has 0 fully saturated rings. The molecule has 0 bridgehead atoms. The number of ether oxygens (including phenoxy) is 2. The first-order valence-corrected chi connectivity index (χ1v) is 6.55. The van der Waals surface area contributed by atoms with Crippen molar-refractivity contribution >= 4 is 22.8 Å². The highest BCUT2D eigenvalue weighted by molar-refractivity contribution is 6.62. The average Bonchev–Trinajstić information content (AvgIpc) is 2.47. The predicted molar refractivity (Wildman–Crippen MR) is 80.5 cm³/mol. The third kappa shape index (κ3) is 8.44. The van der Waals surface area contributed by atoms with E-state index in [-0.39, 0.29) is 11.8 Å². The Morgan fingerprint density at radius 2 is 1.33 bits per heavy atom. The van der Waals surface area contributed by atoms with Crippen molar-refractivity contribution in [2.24, 2.45) is 0 Å². The molecule has 0 saturated heterocycles. The van der Waals surface area contributed by atoms with Crippen LogP contribution in [0.15, 0.2) is 60.7 Å². The molecule has 21 heavy (non-hydrogen) atoms. The molecule has 110 valence electrons. The fraction of sp³-hybridized carbons (Fsp3) is 0.125. The van der Waals surface area contributed by atoms with Gasteiger partial charge in [-0.15, -0.1) is 0 Å². The van der Waals surface area contributed by atoms with Gasteiger partial charge in [0.2, 0.25) is 5.24 Å². The van der Waals surface area contributed by atoms with Gasteiger partial charge in [-0.05, 0) is 35.9 Å². The lowest BCUT2D eigenvalue weighted by atomic mass is 10.3. The summed E-state index contributed by atoms with van der Waals surface area (Å²) in [6.07, 6.45) is 0. The van der Waals surface area contributed by atoms with Gasteiger partial charge in [0.15, 0.2) is 6.61 Å². The van der Waals surface area contributed by atoms with Crippen molar-refractivity contribution in [2.45, 2.75) is 6.92 Å². The van der Waals surface area contributed by atoms with Gasteiger partial charge in [-0.2, -0.15) is 0 Å². The van der Waals surface area contributed by atoms with E-state index in [0.717, 1.165) is 0 Å². The van der Waals surface area contributed by atoms with Crippen LogP contribution in [0.5, 0.6) is 11.5 Å². The smallest absolute Gasteiger partial charge is 0.349 e. The molecule has 0 aromatic heterocycles. The lowest BCUT2D eigenvalue weighted by Crippen LogP contribution is -2.17. The summed E-state index contributed by atoms with van der Waals surface area (Å²) in [6, 6.07) is 18.1. The maximum atomic E-state index is 11.4. The summed E-state index contributed by atoms with van der Waals surface area (Å²) in [7, 11) is 0. The van der Waals surface area contributed by atoms with Crippen LogP contribution in [0.1, 0.15) is 6.92 Å². The summed E-state index contributed by atoms with van der Waals surface area (Å²) in [6.45, 7) is 1.19. The second-order valence-corrected chi connectivity index (χ2v) is 4.39. The summed E-state index contributed by atoms with van der Waals surface area (Å²) in [5.41, 5.74) is 0. The monoisotopic (exact) mass is 306 g/mol. The van der Waals surface area contributed by atoms with Crippen LogP contribution in [0.4, 0.5) is 0 Å². The molecule has 0 spiro atoms. The van der Waals surface area contributed by atoms with Gasteiger partial charge in [0.05, 0.1) is 0 Å². The van der Waals surface area contributed by atoms with Gasteiger partial charge in [-0.1, -0.05) is 36.4 Å². The van der Waals surface area contributed by atoms with Crippen molar-refractivity contribution in [1.29, 1.82) is 0 Å². The summed E-state index contributed by atoms with van der Waals surface area (Å²) < 4.78 is 10.3. The molecular formula is C16H15ClO4. The molecule has 0 radical (unpaired) electrons. The average molecular weight is 307 g/mol. The van der Waals surface area contributed by atoms with Gasteiger partial charge in [-0.25, -0.2) is 4.79 Å². The number of esters is 1. The molecule has 0 N–H and O–H groups in total. The standard InChI is InChI=1S/C14H12O3.C2H3ClO/c15-14(17-13-9-5-2-6-10-13)11-16-12-7-3-1-4-8-12;1-2(3)4/h1-10H,11H2;1H3. The molecule has 5 heteroatoms. The van der Waals surface area contributed by atoms with E-state index < -0.39 is 5.97 Å². The fourth-order valence-corrected chi connectivity index (χ4v) is 1.31. The number of hydrogen-bond donors (Lipinski definition) is 0. The molecule has 0 atom stereocenters. The van der Waals surface area contributed by atoms with E-state index in [0.29, 0.717) is 11.5 Å². The zero-order chi connectivity index (χ0) is 15.5. The molecule has 0 aliphatic heterocycles. The third-order valence-corrected chi connectivity index (χ3v) is 2.07. The molecule has 2 rings (SSSR count). The number of benzene rings is 2. The molecule has 0 aliphatic rings. The molecule has 2 aromatic carbocycles. The maximum Gasteiger partial charge on any atom is 0.349 e. The Labute approximate surface area is 128 Å². The number of rotatable bonds is 4. The quantitative estimate of drug-likeness (QED) is 0.493. The predicted octanol–water partition coefficient (Wildman–Crippen LogP) is 3.44. The molecule has 4 nitrogen and oxygen atoms in total. The third-order valence-electron chi connectivity index (χ3n) is 2.07. The highest BCUT2D eigenvalue weighted by Crippen LogP contribution is 2.10. The molecule has 0 amide bonds. The van der Waals surface area contributed by atoms with Crippen LogP contribution in [-0.4, -0.2) is 17.8 Å². The van der Waals surface area contributed by atoms with Gasteiger partial charge in [0.25, 0.3) is 0 Å². The minimum absolute atomic E-state index is 0.0983. The molecule has 0 aliphatic carbocycles. The minimum Gasteiger partial charge on any atom is -0.482 e. The fourth-order valence-electron chi connectivity index (χ4n) is 1.31. The zero-order valence-corrected chi connectivity index (χ0v) is 12.2. The van der Waals surface area contributed by atoms with Gasteiger partial charge in [0, 0.05) is 6.92 Å². The van der Waals surface area contributed by atoms with Crippen molar-refractivity contribution in [3.63, 3.8) is 0 Å². The Bertz CT molecular complexity index is 551. The van der Waals surface area contributed by atoms with E-state index in [9.17, 15) is 9.59 Å². The molecule has 0 heterocycles. The summed E-state index contributed by atoms with van der Waals surface area (Å²) in [4.78, 5) is 20.6. The highest BCUT2D eigenvalue weighted by Gasteiger charge is 2.05. The summed E-state index contributed by atoms with van der Waals surface area (Å²) in [5.74, 6) is 0.756. The molecule has 0 saturated carbocycles. The van der Waals surface area contributed by atoms with E-state index in [1.54, 1.807) is 36.4 Å². The van der Waals surface area contributed by atoms with E-state index in [4.69, 9.17) is 9.47 Å². The second-order valence-electron chi connectivity index (χ2n) is 3.86. The second kappa shape index (κ2) is 9.55. The lowest BCUT2D eigenvalue weighted by molar-refractivity contribution is -0.136. The van der Waals surface area contributed by atoms with Gasteiger partial charge < -0.3 is 9.47 Å². The number of hydrogen-bond acceptors (Lipinski definition) is 4. The lowest BCUT2D eigenvalue weighted by Gasteiger charge is -2.06. The van der Waals surface area contributed by atoms with Gasteiger partial charge >= 0.3 is 5.97 Å². The Morgan fingerprint density at radius 3 is 1.81 bits per heavy atom. The SMILES string of the molecule is CC(=O)Cl.O=C(COc1ccccc1)Oc1ccccc1. The first-order chi connectivity index (χ1) is 10.1. The molecular weight excluding hydrogens is 292 g/mol. The first-order valence-electron chi connectivity index (χ1n) is 6.17. The van der Waals surface area contributed by atoms with Crippen molar-refractivity contribution in [3.05, 3.63) is 60.7 Å². The van der Waals surface area contributed by atoms with Crippen LogP contribution in [0.25, 0.3) is 0 Å². The number of carbonyl (C=O) groups is 2. The number of halogens is 1. The van der Waals surface area contributed by atoms with Crippen molar-refractivity contribution in [2.75, 3.05) is 6.61 Å². The summed E-state index contributed by atoms with van der Waals surface area (Å²) >= 11 is 4.64. The van der Waals surface area contributed by atoms with Crippen molar-refractivity contribution < 1.29 is 19.1 Å². The first kappa shape index (κ1) is 16.7. The Kier molecular flexibility index (Phi) is 7.61. The minimum atomic E-state index is -0.417. The van der Waals surface area contributed by atoms with Crippen LogP contribution in [0.2, 0.25) is 0 Å². The molecule has 2 aromatic rings. The van der Waals surface area contributed by atoms with Crippen LogP contribution >= 0.6 is 11.6 Å².